The van der Waals surface area contributed by atoms with Crippen LogP contribution in [0.3, 0.4) is 0 Å². The number of carbonyl (C=O) groups is 1. The van der Waals surface area contributed by atoms with Crippen LogP contribution in [0.5, 0.6) is 0 Å². The molecule has 5 nitrogen and oxygen atoms in total. The minimum atomic E-state index is -3.67. The highest BCUT2D eigenvalue weighted by Crippen LogP contribution is 2.31. The summed E-state index contributed by atoms with van der Waals surface area (Å²) in [6.45, 7) is 4.24. The van der Waals surface area contributed by atoms with Crippen LogP contribution in [0.4, 0.5) is 5.69 Å². The summed E-state index contributed by atoms with van der Waals surface area (Å²) in [5.74, 6) is -0.200. The predicted octanol–water partition coefficient (Wildman–Crippen LogP) is 3.51. The Labute approximate surface area is 161 Å². The van der Waals surface area contributed by atoms with Crippen LogP contribution in [0.1, 0.15) is 22.3 Å². The Morgan fingerprint density at radius 3 is 2.85 bits per heavy atom. The van der Waals surface area contributed by atoms with Crippen LogP contribution in [0.15, 0.2) is 64.5 Å². The number of carbonyl (C=O) groups excluding carboxylic acids is 1. The summed E-state index contributed by atoms with van der Waals surface area (Å²) in [7, 11) is -3.67. The second-order valence-corrected chi connectivity index (χ2v) is 8.68. The molecule has 1 heterocycles. The molecular formula is C19H19BrN2O3S. The molecule has 0 fully saturated rings. The summed E-state index contributed by atoms with van der Waals surface area (Å²) in [5, 5.41) is 0. The molecule has 7 heteroatoms. The Kier molecular flexibility index (Phi) is 5.60. The normalized spacial score (nSPS) is 14.0. The standard InChI is InChI=1S/C19H19BrN2O3S/c1-2-10-21-26(24,25)17-7-3-5-15(13-17)19(23)22-11-4-6-14-12-16(20)8-9-18(14)22/h2-3,5,7-9,12-13,21H,1,4,6,10-11H2. The van der Waals surface area contributed by atoms with Gasteiger partial charge in [0.25, 0.3) is 5.91 Å². The Hall–Kier alpha value is -1.96. The van der Waals surface area contributed by atoms with E-state index in [1.54, 1.807) is 17.0 Å². The topological polar surface area (TPSA) is 66.5 Å². The van der Waals surface area contributed by atoms with Crippen LogP contribution in [0.25, 0.3) is 0 Å². The molecule has 26 heavy (non-hydrogen) atoms. The number of hydrogen-bond acceptors (Lipinski definition) is 3. The predicted molar refractivity (Wildman–Crippen MR) is 106 cm³/mol. The molecule has 0 saturated heterocycles. The van der Waals surface area contributed by atoms with Gasteiger partial charge in [0.1, 0.15) is 0 Å². The lowest BCUT2D eigenvalue weighted by atomic mass is 10.0. The first-order valence-corrected chi connectivity index (χ1v) is 10.5. The quantitative estimate of drug-likeness (QED) is 0.732. The number of halogens is 1. The van der Waals surface area contributed by atoms with Gasteiger partial charge in [-0.1, -0.05) is 28.1 Å². The van der Waals surface area contributed by atoms with Crippen molar-refractivity contribution in [2.75, 3.05) is 18.0 Å². The van der Waals surface area contributed by atoms with Crippen molar-refractivity contribution < 1.29 is 13.2 Å². The zero-order valence-corrected chi connectivity index (χ0v) is 16.5. The first-order valence-electron chi connectivity index (χ1n) is 8.23. The van der Waals surface area contributed by atoms with Crippen molar-refractivity contribution in [3.63, 3.8) is 0 Å². The van der Waals surface area contributed by atoms with Gasteiger partial charge in [-0.25, -0.2) is 13.1 Å². The molecule has 0 spiro atoms. The molecule has 0 radical (unpaired) electrons. The molecular weight excluding hydrogens is 416 g/mol. The van der Waals surface area contributed by atoms with E-state index < -0.39 is 10.0 Å². The fourth-order valence-corrected chi connectivity index (χ4v) is 4.43. The summed E-state index contributed by atoms with van der Waals surface area (Å²) in [5.41, 5.74) is 2.33. The second kappa shape index (κ2) is 7.73. The Balaban J connectivity index is 1.93. The number of rotatable bonds is 5. The molecule has 0 bridgehead atoms. The number of nitrogens with zero attached hydrogens (tertiary/aromatic N) is 1. The third-order valence-corrected chi connectivity index (χ3v) is 6.13. The zero-order valence-electron chi connectivity index (χ0n) is 14.1. The van der Waals surface area contributed by atoms with Gasteiger partial charge in [0, 0.05) is 28.8 Å². The summed E-state index contributed by atoms with van der Waals surface area (Å²) >= 11 is 3.46. The van der Waals surface area contributed by atoms with Crippen LogP contribution < -0.4 is 9.62 Å². The summed E-state index contributed by atoms with van der Waals surface area (Å²) in [6, 6.07) is 12.0. The minimum Gasteiger partial charge on any atom is -0.308 e. The molecule has 1 amide bonds. The van der Waals surface area contributed by atoms with E-state index >= 15 is 0 Å². The average molecular weight is 435 g/mol. The molecule has 0 atom stereocenters. The molecule has 2 aromatic rings. The number of sulfonamides is 1. The van der Waals surface area contributed by atoms with E-state index in [4.69, 9.17) is 0 Å². The largest absolute Gasteiger partial charge is 0.308 e. The number of aryl methyl sites for hydroxylation is 1. The first-order chi connectivity index (χ1) is 12.4. The highest BCUT2D eigenvalue weighted by atomic mass is 79.9. The molecule has 0 aromatic heterocycles. The summed E-state index contributed by atoms with van der Waals surface area (Å²) in [6.07, 6.45) is 3.25. The van der Waals surface area contributed by atoms with Crippen molar-refractivity contribution >= 4 is 37.5 Å². The van der Waals surface area contributed by atoms with Gasteiger partial charge in [-0.15, -0.1) is 6.58 Å². The fourth-order valence-electron chi connectivity index (χ4n) is 2.98. The van der Waals surface area contributed by atoms with Gasteiger partial charge < -0.3 is 4.90 Å². The third-order valence-electron chi connectivity index (χ3n) is 4.21. The van der Waals surface area contributed by atoms with Crippen molar-refractivity contribution in [2.45, 2.75) is 17.7 Å². The number of hydrogen-bond donors (Lipinski definition) is 1. The van der Waals surface area contributed by atoms with E-state index in [0.717, 1.165) is 28.6 Å². The average Bonchev–Trinajstić information content (AvgIpc) is 2.65. The van der Waals surface area contributed by atoms with Crippen molar-refractivity contribution in [2.24, 2.45) is 0 Å². The monoisotopic (exact) mass is 434 g/mol. The lowest BCUT2D eigenvalue weighted by Crippen LogP contribution is -2.35. The minimum absolute atomic E-state index is 0.0678. The second-order valence-electron chi connectivity index (χ2n) is 6.00. The van der Waals surface area contributed by atoms with Crippen molar-refractivity contribution in [3.05, 3.63) is 70.7 Å². The highest BCUT2D eigenvalue weighted by Gasteiger charge is 2.25. The molecule has 1 aliphatic rings. The number of amides is 1. The molecule has 2 aromatic carbocycles. The number of nitrogens with one attached hydrogen (secondary N) is 1. The Morgan fingerprint density at radius 1 is 1.27 bits per heavy atom. The van der Waals surface area contributed by atoms with Crippen molar-refractivity contribution in [3.8, 4) is 0 Å². The van der Waals surface area contributed by atoms with Gasteiger partial charge in [-0.3, -0.25) is 4.79 Å². The van der Waals surface area contributed by atoms with E-state index in [0.29, 0.717) is 12.1 Å². The summed E-state index contributed by atoms with van der Waals surface area (Å²) in [4.78, 5) is 14.8. The van der Waals surface area contributed by atoms with Crippen LogP contribution in [0, 0.1) is 0 Å². The van der Waals surface area contributed by atoms with Crippen LogP contribution in [0.2, 0.25) is 0 Å². The summed E-state index contributed by atoms with van der Waals surface area (Å²) < 4.78 is 28.0. The van der Waals surface area contributed by atoms with Crippen molar-refractivity contribution in [1.29, 1.82) is 0 Å². The van der Waals surface area contributed by atoms with Gasteiger partial charge in [0.05, 0.1) is 4.90 Å². The molecule has 0 aliphatic carbocycles. The molecule has 0 saturated carbocycles. The zero-order chi connectivity index (χ0) is 18.7. The fraction of sp³-hybridized carbons (Fsp3) is 0.211. The number of fused-ring (bicyclic) bond motifs is 1. The molecule has 3 rings (SSSR count). The van der Waals surface area contributed by atoms with Gasteiger partial charge in [-0.05, 0) is 54.8 Å². The van der Waals surface area contributed by atoms with E-state index in [-0.39, 0.29) is 17.3 Å². The number of anilines is 1. The Morgan fingerprint density at radius 2 is 2.08 bits per heavy atom. The Bertz CT molecular complexity index is 957. The van der Waals surface area contributed by atoms with Gasteiger partial charge in [0.2, 0.25) is 10.0 Å². The molecule has 0 unspecified atom stereocenters. The first kappa shape index (κ1) is 18.8. The van der Waals surface area contributed by atoms with Gasteiger partial charge >= 0.3 is 0 Å². The third kappa shape index (κ3) is 3.90. The lowest BCUT2D eigenvalue weighted by molar-refractivity contribution is 0.0985. The van der Waals surface area contributed by atoms with Crippen molar-refractivity contribution in [1.82, 2.24) is 4.72 Å². The van der Waals surface area contributed by atoms with Crippen LogP contribution in [-0.2, 0) is 16.4 Å². The van der Waals surface area contributed by atoms with Gasteiger partial charge in [-0.2, -0.15) is 0 Å². The highest BCUT2D eigenvalue weighted by molar-refractivity contribution is 9.10. The number of benzene rings is 2. The molecule has 1 N–H and O–H groups in total. The van der Waals surface area contributed by atoms with E-state index in [2.05, 4.69) is 27.2 Å². The van der Waals surface area contributed by atoms with E-state index in [1.165, 1.54) is 18.2 Å². The molecule has 1 aliphatic heterocycles. The maximum Gasteiger partial charge on any atom is 0.258 e. The van der Waals surface area contributed by atoms with Crippen LogP contribution in [-0.4, -0.2) is 27.4 Å². The lowest BCUT2D eigenvalue weighted by Gasteiger charge is -2.29. The smallest absolute Gasteiger partial charge is 0.258 e. The van der Waals surface area contributed by atoms with E-state index in [9.17, 15) is 13.2 Å². The maximum absolute atomic E-state index is 13.0. The molecule has 136 valence electrons. The van der Waals surface area contributed by atoms with Gasteiger partial charge in [0.15, 0.2) is 0 Å². The van der Waals surface area contributed by atoms with Crippen LogP contribution >= 0.6 is 15.9 Å². The SMILES string of the molecule is C=CCNS(=O)(=O)c1cccc(C(=O)N2CCCc3cc(Br)ccc32)c1. The maximum atomic E-state index is 13.0. The van der Waals surface area contributed by atoms with E-state index in [1.807, 2.05) is 18.2 Å².